The number of hydrogen-bond acceptors (Lipinski definition) is 7. The summed E-state index contributed by atoms with van der Waals surface area (Å²) in [6.07, 6.45) is 1.44. The van der Waals surface area contributed by atoms with Crippen LogP contribution in [0.2, 0.25) is 10.0 Å². The molecule has 0 bridgehead atoms. The summed E-state index contributed by atoms with van der Waals surface area (Å²) in [6.45, 7) is 1.91. The average molecular weight is 474 g/mol. The molecule has 2 amide bonds. The van der Waals surface area contributed by atoms with E-state index in [-0.39, 0.29) is 32.9 Å². The van der Waals surface area contributed by atoms with E-state index in [0.717, 1.165) is 11.8 Å². The zero-order valence-corrected chi connectivity index (χ0v) is 17.9. The summed E-state index contributed by atoms with van der Waals surface area (Å²) in [5.74, 6) is -0.649. The van der Waals surface area contributed by atoms with Gasteiger partial charge in [0.15, 0.2) is 5.75 Å². The van der Waals surface area contributed by atoms with Crippen LogP contribution in [0.25, 0.3) is 6.08 Å². The maximum atomic E-state index is 12.6. The van der Waals surface area contributed by atoms with Crippen LogP contribution in [-0.2, 0) is 14.9 Å². The summed E-state index contributed by atoms with van der Waals surface area (Å²) in [4.78, 5) is 23.1. The Morgan fingerprint density at radius 3 is 2.41 bits per heavy atom. The number of rotatable bonds is 6. The largest absolute Gasteiger partial charge is 0.490 e. The molecule has 11 heteroatoms. The molecule has 152 valence electrons. The molecule has 1 aliphatic rings. The van der Waals surface area contributed by atoms with Crippen LogP contribution in [0.15, 0.2) is 46.2 Å². The number of nitrogens with one attached hydrogen (secondary N) is 1. The van der Waals surface area contributed by atoms with Gasteiger partial charge in [-0.05, 0) is 66.7 Å². The fourth-order valence-corrected chi connectivity index (χ4v) is 4.42. The van der Waals surface area contributed by atoms with E-state index >= 15 is 0 Å². The van der Waals surface area contributed by atoms with Crippen LogP contribution >= 0.6 is 35.0 Å². The highest BCUT2D eigenvalue weighted by molar-refractivity contribution is 8.18. The lowest BCUT2D eigenvalue weighted by Gasteiger charge is -2.14. The number of halogens is 2. The van der Waals surface area contributed by atoms with Gasteiger partial charge in [-0.1, -0.05) is 23.2 Å². The first kappa shape index (κ1) is 21.5. The second-order valence-corrected chi connectivity index (χ2v) is 9.01. The van der Waals surface area contributed by atoms with Crippen molar-refractivity contribution in [3.8, 4) is 11.5 Å². The number of thioether (sulfide) groups is 1. The summed E-state index contributed by atoms with van der Waals surface area (Å²) in [7, 11) is -4.20. The fourth-order valence-electron chi connectivity index (χ4n) is 2.35. The third-order valence-electron chi connectivity index (χ3n) is 3.57. The highest BCUT2D eigenvalue weighted by Crippen LogP contribution is 2.39. The molecule has 2 aromatic rings. The first-order valence-electron chi connectivity index (χ1n) is 8.11. The predicted molar refractivity (Wildman–Crippen MR) is 111 cm³/mol. The van der Waals surface area contributed by atoms with Gasteiger partial charge >= 0.3 is 10.1 Å². The zero-order chi connectivity index (χ0) is 21.2. The second-order valence-electron chi connectivity index (χ2n) is 5.61. The average Bonchev–Trinajstić information content (AvgIpc) is 2.95. The first-order chi connectivity index (χ1) is 13.7. The number of carbonyl (C=O) groups is 2. The molecule has 0 saturated carbocycles. The van der Waals surface area contributed by atoms with E-state index in [1.54, 1.807) is 6.92 Å². The van der Waals surface area contributed by atoms with Crippen LogP contribution in [-0.4, -0.2) is 26.2 Å². The molecule has 0 aromatic heterocycles. The molecule has 0 atom stereocenters. The van der Waals surface area contributed by atoms with Gasteiger partial charge in [0.1, 0.15) is 4.90 Å². The van der Waals surface area contributed by atoms with E-state index in [4.69, 9.17) is 32.1 Å². The fraction of sp³-hybridized carbons (Fsp3) is 0.111. The Hall–Kier alpha value is -2.20. The van der Waals surface area contributed by atoms with Crippen LogP contribution in [0, 0.1) is 0 Å². The Balaban J connectivity index is 1.99. The molecule has 0 unspecified atom stereocenters. The number of hydrogen-bond donors (Lipinski definition) is 1. The molecular formula is C18H13Cl2NO6S2. The van der Waals surface area contributed by atoms with Gasteiger partial charge in [0.2, 0.25) is 5.75 Å². The van der Waals surface area contributed by atoms with Gasteiger partial charge in [-0.3, -0.25) is 14.9 Å². The number of amides is 2. The molecule has 1 heterocycles. The lowest BCUT2D eigenvalue weighted by atomic mass is 10.2. The number of benzene rings is 2. The van der Waals surface area contributed by atoms with E-state index in [1.807, 2.05) is 0 Å². The molecule has 1 aliphatic heterocycles. The predicted octanol–water partition coefficient (Wildman–Crippen LogP) is 4.48. The lowest BCUT2D eigenvalue weighted by Crippen LogP contribution is -2.17. The maximum absolute atomic E-state index is 12.6. The summed E-state index contributed by atoms with van der Waals surface area (Å²) in [6, 6.07) is 8.31. The van der Waals surface area contributed by atoms with Gasteiger partial charge in [0, 0.05) is 5.02 Å². The van der Waals surface area contributed by atoms with Gasteiger partial charge in [0.25, 0.3) is 11.1 Å². The van der Waals surface area contributed by atoms with Gasteiger partial charge in [-0.25, -0.2) is 0 Å². The van der Waals surface area contributed by atoms with Crippen LogP contribution < -0.4 is 14.2 Å². The second kappa shape index (κ2) is 8.66. The standard InChI is InChI=1S/C18H13Cl2NO6S2/c1-2-26-14-8-10(9-15-17(22)21-18(23)28-15)7-13(20)16(14)27-29(24,25)12-5-3-11(19)4-6-12/h3-9H,2H2,1H3,(H,21,22,23)/b15-9-. The quantitative estimate of drug-likeness (QED) is 0.487. The summed E-state index contributed by atoms with van der Waals surface area (Å²) >= 11 is 12.8. The third kappa shape index (κ3) is 5.05. The minimum atomic E-state index is -4.20. The summed E-state index contributed by atoms with van der Waals surface area (Å²) in [5, 5.41) is 2.00. The van der Waals surface area contributed by atoms with E-state index in [2.05, 4.69) is 5.32 Å². The smallest absolute Gasteiger partial charge is 0.339 e. The molecule has 7 nitrogen and oxygen atoms in total. The molecule has 0 radical (unpaired) electrons. The van der Waals surface area contributed by atoms with Gasteiger partial charge in [-0.2, -0.15) is 8.42 Å². The van der Waals surface area contributed by atoms with E-state index in [0.29, 0.717) is 10.6 Å². The zero-order valence-electron chi connectivity index (χ0n) is 14.8. The minimum Gasteiger partial charge on any atom is -0.490 e. The van der Waals surface area contributed by atoms with Crippen molar-refractivity contribution in [3.05, 3.63) is 56.9 Å². The highest BCUT2D eigenvalue weighted by Gasteiger charge is 2.26. The maximum Gasteiger partial charge on any atom is 0.339 e. The van der Waals surface area contributed by atoms with Crippen molar-refractivity contribution in [2.45, 2.75) is 11.8 Å². The van der Waals surface area contributed by atoms with Crippen molar-refractivity contribution in [2.24, 2.45) is 0 Å². The Labute approximate surface area is 181 Å². The molecule has 1 saturated heterocycles. The SMILES string of the molecule is CCOc1cc(/C=C2\SC(=O)NC2=O)cc(Cl)c1OS(=O)(=O)c1ccc(Cl)cc1. The highest BCUT2D eigenvalue weighted by atomic mass is 35.5. The Morgan fingerprint density at radius 1 is 1.14 bits per heavy atom. The number of carbonyl (C=O) groups excluding carboxylic acids is 2. The Morgan fingerprint density at radius 2 is 1.83 bits per heavy atom. The van der Waals surface area contributed by atoms with Crippen LogP contribution in [0.3, 0.4) is 0 Å². The first-order valence-corrected chi connectivity index (χ1v) is 11.1. The summed E-state index contributed by atoms with van der Waals surface area (Å²) in [5.41, 5.74) is 0.432. The number of ether oxygens (including phenoxy) is 1. The monoisotopic (exact) mass is 473 g/mol. The Bertz CT molecular complexity index is 1110. The van der Waals surface area contributed by atoms with Crippen molar-refractivity contribution in [1.82, 2.24) is 5.32 Å². The molecule has 3 rings (SSSR count). The van der Waals surface area contributed by atoms with Crippen LogP contribution in [0.1, 0.15) is 12.5 Å². The van der Waals surface area contributed by atoms with Crippen molar-refractivity contribution in [3.63, 3.8) is 0 Å². The van der Waals surface area contributed by atoms with E-state index in [1.165, 1.54) is 42.5 Å². The summed E-state index contributed by atoms with van der Waals surface area (Å²) < 4.78 is 35.8. The molecule has 0 spiro atoms. The normalized spacial score (nSPS) is 15.5. The van der Waals surface area contributed by atoms with Crippen molar-refractivity contribution < 1.29 is 26.9 Å². The number of imide groups is 1. The van der Waals surface area contributed by atoms with Gasteiger partial charge < -0.3 is 8.92 Å². The van der Waals surface area contributed by atoms with Gasteiger partial charge in [-0.15, -0.1) is 0 Å². The molecule has 1 fully saturated rings. The lowest BCUT2D eigenvalue weighted by molar-refractivity contribution is -0.115. The molecule has 1 N–H and O–H groups in total. The van der Waals surface area contributed by atoms with Crippen LogP contribution in [0.4, 0.5) is 4.79 Å². The third-order valence-corrected chi connectivity index (χ3v) is 6.15. The van der Waals surface area contributed by atoms with Crippen molar-refractivity contribution in [1.29, 1.82) is 0 Å². The molecule has 2 aromatic carbocycles. The Kier molecular flexibility index (Phi) is 6.42. The van der Waals surface area contributed by atoms with Gasteiger partial charge in [0.05, 0.1) is 16.5 Å². The minimum absolute atomic E-state index is 0.0462. The van der Waals surface area contributed by atoms with Crippen molar-refractivity contribution in [2.75, 3.05) is 6.61 Å². The van der Waals surface area contributed by atoms with Crippen LogP contribution in [0.5, 0.6) is 11.5 Å². The van der Waals surface area contributed by atoms with Crippen molar-refractivity contribution >= 4 is 62.3 Å². The molecule has 0 aliphatic carbocycles. The molecular weight excluding hydrogens is 461 g/mol. The van der Waals surface area contributed by atoms with E-state index in [9.17, 15) is 18.0 Å². The van der Waals surface area contributed by atoms with E-state index < -0.39 is 21.3 Å². The topological polar surface area (TPSA) is 98.8 Å². The molecule has 29 heavy (non-hydrogen) atoms.